The SMILES string of the molecule is CC(C)(C)OC(=O)N[C@H]1CCCCCC=C[C@@H]2C[C@@]2(C(=O)NS(=O)(=O)OC2(C)CC2)NC(=O)[C@@H]2C[C@@H](OC(=O)N3Cc4cccc(F)c4C3)CN2C1=O. The van der Waals surface area contributed by atoms with E-state index in [2.05, 4.69) is 10.6 Å². The molecule has 290 valence electrons. The average molecular weight is 762 g/mol. The van der Waals surface area contributed by atoms with E-state index in [1.165, 1.54) is 15.9 Å². The summed E-state index contributed by atoms with van der Waals surface area (Å²) in [6.07, 6.45) is 4.93. The maximum Gasteiger partial charge on any atom is 0.410 e. The van der Waals surface area contributed by atoms with Crippen LogP contribution in [0.15, 0.2) is 30.4 Å². The van der Waals surface area contributed by atoms with Crippen LogP contribution in [0.5, 0.6) is 0 Å². The monoisotopic (exact) mass is 761 g/mol. The van der Waals surface area contributed by atoms with Gasteiger partial charge in [-0.2, -0.15) is 8.42 Å². The lowest BCUT2D eigenvalue weighted by Crippen LogP contribution is -2.58. The summed E-state index contributed by atoms with van der Waals surface area (Å²) >= 11 is 0. The average Bonchev–Trinajstić information content (AvgIpc) is 3.80. The molecular weight excluding hydrogens is 713 g/mol. The standard InChI is InChI=1S/C36H48FN5O10S/c1-34(2,3)51-32(46)38-27-14-9-7-5-6-8-12-23-18-36(23,31(45)40-53(48,49)52-35(4)15-16-35)39-29(43)28-17-24(20-42(28)30(27)44)50-33(47)41-19-22-11-10-13-26(37)25(22)21-41/h8,10-13,23-24,27-28H,5-7,9,14-21H2,1-4H3,(H,38,46)(H,39,43)(H,40,45)/t23-,24-,27+,28+,36-/m1/s1. The van der Waals surface area contributed by atoms with Crippen LogP contribution in [0, 0.1) is 11.7 Å². The lowest BCUT2D eigenvalue weighted by Gasteiger charge is -2.30. The number of fused-ring (bicyclic) bond motifs is 3. The Morgan fingerprint density at radius 2 is 1.83 bits per heavy atom. The molecule has 1 aromatic carbocycles. The van der Waals surface area contributed by atoms with Gasteiger partial charge in [0.1, 0.15) is 35.1 Å². The van der Waals surface area contributed by atoms with Gasteiger partial charge in [-0.1, -0.05) is 37.1 Å². The molecule has 3 fully saturated rings. The van der Waals surface area contributed by atoms with Gasteiger partial charge in [-0.3, -0.25) is 19.3 Å². The molecule has 2 aliphatic carbocycles. The molecule has 2 saturated carbocycles. The van der Waals surface area contributed by atoms with E-state index >= 15 is 0 Å². The van der Waals surface area contributed by atoms with Crippen LogP contribution in [-0.4, -0.2) is 89.6 Å². The Bertz CT molecular complexity index is 1790. The smallest absolute Gasteiger partial charge is 0.410 e. The fourth-order valence-electron chi connectivity index (χ4n) is 7.09. The van der Waals surface area contributed by atoms with Crippen molar-refractivity contribution in [3.05, 3.63) is 47.3 Å². The van der Waals surface area contributed by atoms with Crippen molar-refractivity contribution >= 4 is 40.2 Å². The molecule has 15 nitrogen and oxygen atoms in total. The maximum atomic E-state index is 14.4. The van der Waals surface area contributed by atoms with Gasteiger partial charge in [-0.25, -0.2) is 22.9 Å². The molecule has 17 heteroatoms. The van der Waals surface area contributed by atoms with Crippen molar-refractivity contribution in [3.63, 3.8) is 0 Å². The van der Waals surface area contributed by atoms with Crippen molar-refractivity contribution in [1.82, 2.24) is 25.2 Å². The summed E-state index contributed by atoms with van der Waals surface area (Å²) in [5.41, 5.74) is -2.38. The van der Waals surface area contributed by atoms with E-state index in [0.29, 0.717) is 43.2 Å². The van der Waals surface area contributed by atoms with E-state index in [1.54, 1.807) is 45.9 Å². The fourth-order valence-corrected chi connectivity index (χ4v) is 8.24. The topological polar surface area (TPSA) is 190 Å². The lowest BCUT2D eigenvalue weighted by atomic mass is 10.0. The minimum atomic E-state index is -4.51. The maximum absolute atomic E-state index is 14.4. The number of benzene rings is 1. The van der Waals surface area contributed by atoms with Gasteiger partial charge in [-0.05, 0) is 77.8 Å². The first-order valence-corrected chi connectivity index (χ1v) is 19.6. The molecule has 5 amide bonds. The molecule has 5 aliphatic rings. The van der Waals surface area contributed by atoms with Crippen LogP contribution in [0.4, 0.5) is 14.0 Å². The third kappa shape index (κ3) is 9.11. The van der Waals surface area contributed by atoms with Gasteiger partial charge in [-0.15, -0.1) is 0 Å². The third-order valence-corrected chi connectivity index (χ3v) is 11.3. The zero-order valence-electron chi connectivity index (χ0n) is 30.4. The second kappa shape index (κ2) is 14.5. The minimum Gasteiger partial charge on any atom is -0.444 e. The number of hydrogen-bond acceptors (Lipinski definition) is 10. The molecule has 3 aliphatic heterocycles. The Labute approximate surface area is 308 Å². The number of halogens is 1. The molecule has 0 unspecified atom stereocenters. The normalized spacial score (nSPS) is 28.3. The molecule has 1 aromatic rings. The predicted molar refractivity (Wildman–Crippen MR) is 186 cm³/mol. The van der Waals surface area contributed by atoms with Crippen molar-refractivity contribution in [2.75, 3.05) is 6.54 Å². The summed E-state index contributed by atoms with van der Waals surface area (Å²) in [5.74, 6) is -3.34. The van der Waals surface area contributed by atoms with E-state index in [9.17, 15) is 36.8 Å². The molecule has 3 heterocycles. The van der Waals surface area contributed by atoms with Gasteiger partial charge in [0.25, 0.3) is 5.91 Å². The molecule has 3 N–H and O–H groups in total. The predicted octanol–water partition coefficient (Wildman–Crippen LogP) is 3.47. The molecule has 1 saturated heterocycles. The number of nitrogens with one attached hydrogen (secondary N) is 3. The summed E-state index contributed by atoms with van der Waals surface area (Å²) < 4.78 is 58.4. The number of amides is 5. The Morgan fingerprint density at radius 3 is 2.53 bits per heavy atom. The number of alkyl carbamates (subject to hydrolysis) is 1. The largest absolute Gasteiger partial charge is 0.444 e. The third-order valence-electron chi connectivity index (χ3n) is 10.3. The van der Waals surface area contributed by atoms with Crippen molar-refractivity contribution < 1.29 is 50.4 Å². The first-order valence-electron chi connectivity index (χ1n) is 18.2. The van der Waals surface area contributed by atoms with Crippen molar-refractivity contribution in [2.24, 2.45) is 5.92 Å². The van der Waals surface area contributed by atoms with Crippen LogP contribution in [-0.2, 0) is 51.4 Å². The van der Waals surface area contributed by atoms with Gasteiger partial charge in [0.2, 0.25) is 11.8 Å². The first kappa shape index (κ1) is 38.5. The van der Waals surface area contributed by atoms with Gasteiger partial charge in [0, 0.05) is 24.4 Å². The number of ether oxygens (including phenoxy) is 2. The Hall–Kier alpha value is -4.25. The van der Waals surface area contributed by atoms with E-state index in [0.717, 1.165) is 6.42 Å². The van der Waals surface area contributed by atoms with Crippen LogP contribution < -0.4 is 15.4 Å². The molecule has 0 bridgehead atoms. The van der Waals surface area contributed by atoms with Gasteiger partial charge in [0.15, 0.2) is 0 Å². The number of hydrogen-bond donors (Lipinski definition) is 3. The molecule has 6 rings (SSSR count). The summed E-state index contributed by atoms with van der Waals surface area (Å²) in [6.45, 7) is 6.56. The Morgan fingerprint density at radius 1 is 1.08 bits per heavy atom. The second-order valence-corrected chi connectivity index (χ2v) is 17.2. The molecule has 0 spiro atoms. The second-order valence-electron chi connectivity index (χ2n) is 15.9. The number of carbonyl (C=O) groups is 5. The van der Waals surface area contributed by atoms with E-state index in [1.807, 2.05) is 10.8 Å². The molecule has 5 atom stereocenters. The highest BCUT2D eigenvalue weighted by atomic mass is 32.2. The quantitative estimate of drug-likeness (QED) is 0.362. The van der Waals surface area contributed by atoms with Crippen LogP contribution in [0.2, 0.25) is 0 Å². The van der Waals surface area contributed by atoms with E-state index < -0.39 is 86.9 Å². The minimum absolute atomic E-state index is 0.0136. The lowest BCUT2D eigenvalue weighted by molar-refractivity contribution is -0.141. The Kier molecular flexibility index (Phi) is 10.5. The molecule has 0 aromatic heterocycles. The van der Waals surface area contributed by atoms with Crippen molar-refractivity contribution in [2.45, 2.75) is 134 Å². The highest BCUT2D eigenvalue weighted by Gasteiger charge is 2.62. The van der Waals surface area contributed by atoms with Crippen LogP contribution in [0.25, 0.3) is 0 Å². The van der Waals surface area contributed by atoms with Crippen LogP contribution >= 0.6 is 0 Å². The fraction of sp³-hybridized carbons (Fsp3) is 0.639. The van der Waals surface area contributed by atoms with E-state index in [4.69, 9.17) is 13.7 Å². The molecular formula is C36H48FN5O10S. The van der Waals surface area contributed by atoms with Crippen LogP contribution in [0.3, 0.4) is 0 Å². The van der Waals surface area contributed by atoms with E-state index in [-0.39, 0.29) is 38.9 Å². The zero-order valence-corrected chi connectivity index (χ0v) is 31.3. The zero-order chi connectivity index (χ0) is 38.3. The first-order chi connectivity index (χ1) is 24.9. The van der Waals surface area contributed by atoms with Crippen LogP contribution in [0.1, 0.15) is 96.6 Å². The number of allylic oxidation sites excluding steroid dienone is 1. The van der Waals surface area contributed by atoms with Crippen molar-refractivity contribution in [1.29, 1.82) is 0 Å². The number of rotatable bonds is 6. The molecule has 53 heavy (non-hydrogen) atoms. The number of carbonyl (C=O) groups excluding carboxylic acids is 5. The molecule has 0 radical (unpaired) electrons. The highest BCUT2D eigenvalue weighted by molar-refractivity contribution is 7.85. The highest BCUT2D eigenvalue weighted by Crippen LogP contribution is 2.46. The summed E-state index contributed by atoms with van der Waals surface area (Å²) in [4.78, 5) is 71.0. The summed E-state index contributed by atoms with van der Waals surface area (Å²) in [5, 5.41) is 5.40. The summed E-state index contributed by atoms with van der Waals surface area (Å²) in [7, 11) is -4.51. The summed E-state index contributed by atoms with van der Waals surface area (Å²) in [6, 6.07) is 2.22. The Balaban J connectivity index is 1.25. The number of nitrogens with zero attached hydrogens (tertiary/aromatic N) is 2. The van der Waals surface area contributed by atoms with Gasteiger partial charge >= 0.3 is 22.5 Å². The van der Waals surface area contributed by atoms with Crippen molar-refractivity contribution in [3.8, 4) is 0 Å². The van der Waals surface area contributed by atoms with Gasteiger partial charge < -0.3 is 25.0 Å². The van der Waals surface area contributed by atoms with Gasteiger partial charge in [0.05, 0.1) is 18.7 Å².